The first-order valence-corrected chi connectivity index (χ1v) is 9.68. The molecule has 0 unspecified atom stereocenters. The molecule has 0 atom stereocenters. The second-order valence-electron chi connectivity index (χ2n) is 6.85. The average Bonchev–Trinajstić information content (AvgIpc) is 3.14. The summed E-state index contributed by atoms with van der Waals surface area (Å²) in [6.45, 7) is -0.943. The summed E-state index contributed by atoms with van der Waals surface area (Å²) in [5, 5.41) is 4.71. The van der Waals surface area contributed by atoms with Crippen molar-refractivity contribution in [2.24, 2.45) is 0 Å². The van der Waals surface area contributed by atoms with Crippen LogP contribution in [0.1, 0.15) is 16.7 Å². The van der Waals surface area contributed by atoms with E-state index in [1.807, 2.05) is 24.4 Å². The first-order chi connectivity index (χ1) is 14.9. The Balaban J connectivity index is 1.33. The Labute approximate surface area is 180 Å². The maximum atomic E-state index is 12.2. The minimum absolute atomic E-state index is 0.0719. The van der Waals surface area contributed by atoms with Crippen molar-refractivity contribution < 1.29 is 17.9 Å². The van der Waals surface area contributed by atoms with Gasteiger partial charge in [-0.15, -0.1) is 0 Å². The molecule has 4 aromatic rings. The van der Waals surface area contributed by atoms with Crippen molar-refractivity contribution in [3.63, 3.8) is 0 Å². The molecular weight excluding hydrogens is 431 g/mol. The number of anilines is 1. The van der Waals surface area contributed by atoms with Gasteiger partial charge in [-0.2, -0.15) is 13.2 Å². The van der Waals surface area contributed by atoms with E-state index in [0.29, 0.717) is 23.8 Å². The van der Waals surface area contributed by atoms with Crippen LogP contribution in [-0.2, 0) is 13.0 Å². The van der Waals surface area contributed by atoms with Gasteiger partial charge in [0.2, 0.25) is 5.88 Å². The Morgan fingerprint density at radius 1 is 1.00 bits per heavy atom. The molecule has 4 heterocycles. The Morgan fingerprint density at radius 2 is 1.81 bits per heavy atom. The molecule has 0 aliphatic carbocycles. The molecule has 2 N–H and O–H groups in total. The van der Waals surface area contributed by atoms with Gasteiger partial charge in [-0.25, -0.2) is 15.0 Å². The van der Waals surface area contributed by atoms with Crippen LogP contribution in [0.3, 0.4) is 0 Å². The van der Waals surface area contributed by atoms with Crippen LogP contribution >= 0.6 is 11.6 Å². The van der Waals surface area contributed by atoms with Gasteiger partial charge in [-0.1, -0.05) is 23.7 Å². The van der Waals surface area contributed by atoms with Crippen molar-refractivity contribution in [1.82, 2.24) is 19.9 Å². The second-order valence-corrected chi connectivity index (χ2v) is 7.29. The number of alkyl halides is 3. The number of fused-ring (bicyclic) bond motifs is 1. The van der Waals surface area contributed by atoms with Crippen LogP contribution < -0.4 is 10.1 Å². The molecule has 0 saturated heterocycles. The molecule has 10 heteroatoms. The minimum Gasteiger partial charge on any atom is -0.468 e. The molecule has 160 valence electrons. The number of hydrogen-bond acceptors (Lipinski definition) is 5. The molecule has 0 fully saturated rings. The Morgan fingerprint density at radius 3 is 2.52 bits per heavy atom. The van der Waals surface area contributed by atoms with E-state index in [4.69, 9.17) is 11.6 Å². The van der Waals surface area contributed by atoms with Gasteiger partial charge in [0.1, 0.15) is 11.5 Å². The summed E-state index contributed by atoms with van der Waals surface area (Å²) < 4.78 is 41.1. The van der Waals surface area contributed by atoms with Crippen molar-refractivity contribution in [2.45, 2.75) is 19.1 Å². The summed E-state index contributed by atoms with van der Waals surface area (Å²) in [7, 11) is 0. The molecule has 0 aliphatic rings. The fourth-order valence-electron chi connectivity index (χ4n) is 2.98. The molecule has 0 aromatic carbocycles. The summed E-state index contributed by atoms with van der Waals surface area (Å²) in [4.78, 5) is 15.7. The van der Waals surface area contributed by atoms with E-state index >= 15 is 0 Å². The number of hydrogen-bond donors (Lipinski definition) is 2. The van der Waals surface area contributed by atoms with E-state index in [9.17, 15) is 13.2 Å². The zero-order chi connectivity index (χ0) is 21.8. The number of nitrogens with zero attached hydrogens (tertiary/aromatic N) is 3. The van der Waals surface area contributed by atoms with Crippen LogP contribution in [0.4, 0.5) is 19.0 Å². The Kier molecular flexibility index (Phi) is 5.94. The van der Waals surface area contributed by atoms with Crippen molar-refractivity contribution >= 4 is 28.5 Å². The fraction of sp³-hybridized carbons (Fsp3) is 0.190. The highest BCUT2D eigenvalue weighted by atomic mass is 35.5. The molecule has 0 bridgehead atoms. The highest BCUT2D eigenvalue weighted by Crippen LogP contribution is 2.23. The van der Waals surface area contributed by atoms with E-state index in [1.165, 1.54) is 12.3 Å². The summed E-state index contributed by atoms with van der Waals surface area (Å²) in [6, 6.07) is 8.77. The number of pyridine rings is 3. The third-order valence-corrected chi connectivity index (χ3v) is 4.66. The molecule has 4 aromatic heterocycles. The molecule has 4 rings (SSSR count). The van der Waals surface area contributed by atoms with Gasteiger partial charge in [0.25, 0.3) is 0 Å². The van der Waals surface area contributed by atoms with Gasteiger partial charge in [0.15, 0.2) is 6.61 Å². The number of aromatic amines is 1. The van der Waals surface area contributed by atoms with Crippen LogP contribution in [-0.4, -0.2) is 32.7 Å². The Bertz CT molecular complexity index is 1160. The highest BCUT2D eigenvalue weighted by Gasteiger charge is 2.28. The average molecular weight is 448 g/mol. The molecule has 0 amide bonds. The lowest BCUT2D eigenvalue weighted by molar-refractivity contribution is -0.154. The van der Waals surface area contributed by atoms with Gasteiger partial charge in [-0.05, 0) is 28.8 Å². The maximum absolute atomic E-state index is 12.2. The topological polar surface area (TPSA) is 75.7 Å². The first-order valence-electron chi connectivity index (χ1n) is 9.30. The fourth-order valence-corrected chi connectivity index (χ4v) is 3.14. The van der Waals surface area contributed by atoms with Crippen molar-refractivity contribution in [2.75, 3.05) is 11.9 Å². The van der Waals surface area contributed by atoms with E-state index in [-0.39, 0.29) is 5.88 Å². The van der Waals surface area contributed by atoms with Gasteiger partial charge >= 0.3 is 6.18 Å². The lowest BCUT2D eigenvalue weighted by atomic mass is 10.1. The smallest absolute Gasteiger partial charge is 0.422 e. The van der Waals surface area contributed by atoms with E-state index in [2.05, 4.69) is 30.0 Å². The zero-order valence-corrected chi connectivity index (χ0v) is 16.8. The minimum atomic E-state index is -4.39. The lowest BCUT2D eigenvalue weighted by Gasteiger charge is -2.09. The summed E-state index contributed by atoms with van der Waals surface area (Å²) in [5.41, 5.74) is 3.67. The normalized spacial score (nSPS) is 11.6. The van der Waals surface area contributed by atoms with Crippen LogP contribution in [0, 0.1) is 0 Å². The number of ether oxygens (including phenoxy) is 1. The van der Waals surface area contributed by atoms with E-state index < -0.39 is 12.8 Å². The molecule has 0 aliphatic heterocycles. The number of H-pyrrole nitrogens is 1. The quantitative estimate of drug-likeness (QED) is 0.410. The summed E-state index contributed by atoms with van der Waals surface area (Å²) >= 11 is 6.05. The maximum Gasteiger partial charge on any atom is 0.422 e. The van der Waals surface area contributed by atoms with Crippen molar-refractivity contribution in [3.8, 4) is 5.88 Å². The number of nitrogens with one attached hydrogen (secondary N) is 2. The molecule has 6 nitrogen and oxygen atoms in total. The number of halogens is 4. The van der Waals surface area contributed by atoms with Gasteiger partial charge in [0.05, 0.1) is 5.02 Å². The van der Waals surface area contributed by atoms with Crippen molar-refractivity contribution in [3.05, 3.63) is 76.8 Å². The standard InChI is InChI=1S/C21H17ClF3N5O/c22-16-6-17-15(10-29-20(17)30-11-16)5-13-1-3-18(26-7-13)27-8-14-2-4-19(28-9-14)31-12-21(23,24)25/h1-4,6-7,9-11H,5,8,12H2,(H,26,27)(H,29,30). The highest BCUT2D eigenvalue weighted by molar-refractivity contribution is 6.31. The molecule has 0 radical (unpaired) electrons. The van der Waals surface area contributed by atoms with Gasteiger partial charge < -0.3 is 15.0 Å². The number of aromatic nitrogens is 4. The SMILES string of the molecule is FC(F)(F)COc1ccc(CNc2ccc(Cc3c[nH]c4ncc(Cl)cc34)cn2)cn1. The molecular formula is C21H17ClF3N5O. The number of rotatable bonds is 7. The molecule has 31 heavy (non-hydrogen) atoms. The third-order valence-electron chi connectivity index (χ3n) is 4.46. The van der Waals surface area contributed by atoms with E-state index in [0.717, 1.165) is 27.7 Å². The van der Waals surface area contributed by atoms with Crippen LogP contribution in [0.15, 0.2) is 55.1 Å². The summed E-state index contributed by atoms with van der Waals surface area (Å²) in [6.07, 6.45) is 3.05. The molecule has 0 spiro atoms. The molecule has 0 saturated carbocycles. The third kappa shape index (κ3) is 5.64. The van der Waals surface area contributed by atoms with Crippen molar-refractivity contribution in [1.29, 1.82) is 0 Å². The van der Waals surface area contributed by atoms with Gasteiger partial charge in [0, 0.05) is 49.2 Å². The zero-order valence-electron chi connectivity index (χ0n) is 16.1. The van der Waals surface area contributed by atoms with Gasteiger partial charge in [-0.3, -0.25) is 0 Å². The predicted molar refractivity (Wildman–Crippen MR) is 111 cm³/mol. The summed E-state index contributed by atoms with van der Waals surface area (Å²) in [5.74, 6) is 0.599. The van der Waals surface area contributed by atoms with Crippen LogP contribution in [0.5, 0.6) is 5.88 Å². The first kappa shape index (κ1) is 20.9. The lowest BCUT2D eigenvalue weighted by Crippen LogP contribution is -2.19. The predicted octanol–water partition coefficient (Wildman–Crippen LogP) is 5.15. The Hall–Kier alpha value is -3.33. The van der Waals surface area contributed by atoms with Crippen LogP contribution in [0.25, 0.3) is 11.0 Å². The van der Waals surface area contributed by atoms with E-state index in [1.54, 1.807) is 18.5 Å². The second kappa shape index (κ2) is 8.81. The largest absolute Gasteiger partial charge is 0.468 e. The van der Waals surface area contributed by atoms with Crippen LogP contribution in [0.2, 0.25) is 5.02 Å². The monoisotopic (exact) mass is 447 g/mol.